The van der Waals surface area contributed by atoms with Gasteiger partial charge in [-0.1, -0.05) is 19.0 Å². The first-order valence-corrected chi connectivity index (χ1v) is 3.83. The van der Waals surface area contributed by atoms with Gasteiger partial charge in [0.2, 0.25) is 0 Å². The van der Waals surface area contributed by atoms with Crippen LogP contribution in [-0.4, -0.2) is 10.3 Å². The monoisotopic (exact) mass is 155 g/mol. The molecule has 0 spiro atoms. The van der Waals surface area contributed by atoms with E-state index < -0.39 is 0 Å². The lowest BCUT2D eigenvalue weighted by Gasteiger charge is -2.03. The summed E-state index contributed by atoms with van der Waals surface area (Å²) in [6.07, 6.45) is 2.51. The van der Waals surface area contributed by atoms with Crippen LogP contribution in [0, 0.1) is 0 Å². The highest BCUT2D eigenvalue weighted by molar-refractivity contribution is 5.16. The first-order valence-electron chi connectivity index (χ1n) is 3.83. The molecule has 11 heavy (non-hydrogen) atoms. The van der Waals surface area contributed by atoms with Crippen molar-refractivity contribution in [1.29, 1.82) is 0 Å². The van der Waals surface area contributed by atoms with E-state index in [4.69, 9.17) is 9.63 Å². The summed E-state index contributed by atoms with van der Waals surface area (Å²) >= 11 is 0. The Kier molecular flexibility index (Phi) is 2.65. The Morgan fingerprint density at radius 1 is 1.73 bits per heavy atom. The standard InChI is InChI=1S/C8H13NO2/c1-3-6(2)8-7(4-10)5-11-9-8/h5-6,10H,3-4H2,1-2H3. The minimum Gasteiger partial charge on any atom is -0.391 e. The van der Waals surface area contributed by atoms with Crippen molar-refractivity contribution in [2.45, 2.75) is 32.8 Å². The lowest BCUT2D eigenvalue weighted by molar-refractivity contribution is 0.279. The summed E-state index contributed by atoms with van der Waals surface area (Å²) in [5, 5.41) is 12.7. The first kappa shape index (κ1) is 8.27. The number of aliphatic hydroxyl groups excluding tert-OH is 1. The molecule has 0 amide bonds. The molecule has 0 saturated heterocycles. The van der Waals surface area contributed by atoms with Crippen LogP contribution in [0.4, 0.5) is 0 Å². The highest BCUT2D eigenvalue weighted by atomic mass is 16.5. The summed E-state index contributed by atoms with van der Waals surface area (Å²) in [5.74, 6) is 0.371. The SMILES string of the molecule is CCC(C)c1nocc1CO. The maximum Gasteiger partial charge on any atom is 0.129 e. The molecule has 62 valence electrons. The molecule has 1 heterocycles. The van der Waals surface area contributed by atoms with Crippen molar-refractivity contribution in [3.05, 3.63) is 17.5 Å². The average molecular weight is 155 g/mol. The van der Waals surface area contributed by atoms with Crippen molar-refractivity contribution >= 4 is 0 Å². The van der Waals surface area contributed by atoms with E-state index >= 15 is 0 Å². The van der Waals surface area contributed by atoms with Crippen LogP contribution in [0.2, 0.25) is 0 Å². The van der Waals surface area contributed by atoms with Crippen molar-refractivity contribution in [1.82, 2.24) is 5.16 Å². The van der Waals surface area contributed by atoms with Gasteiger partial charge in [0, 0.05) is 11.5 Å². The molecule has 1 N–H and O–H groups in total. The number of hydrogen-bond donors (Lipinski definition) is 1. The van der Waals surface area contributed by atoms with Crippen LogP contribution < -0.4 is 0 Å². The van der Waals surface area contributed by atoms with Gasteiger partial charge >= 0.3 is 0 Å². The summed E-state index contributed by atoms with van der Waals surface area (Å²) in [7, 11) is 0. The van der Waals surface area contributed by atoms with Gasteiger partial charge in [-0.3, -0.25) is 0 Å². The normalized spacial score (nSPS) is 13.4. The summed E-state index contributed by atoms with van der Waals surface area (Å²) in [5.41, 5.74) is 1.69. The number of rotatable bonds is 3. The van der Waals surface area contributed by atoms with Crippen LogP contribution in [-0.2, 0) is 6.61 Å². The largest absolute Gasteiger partial charge is 0.391 e. The predicted molar refractivity (Wildman–Crippen MR) is 41.1 cm³/mol. The molecular formula is C8H13NO2. The van der Waals surface area contributed by atoms with Crippen molar-refractivity contribution in [3.63, 3.8) is 0 Å². The van der Waals surface area contributed by atoms with Crippen LogP contribution in [0.1, 0.15) is 37.4 Å². The molecule has 0 aliphatic carbocycles. The maximum absolute atomic E-state index is 8.85. The molecule has 3 heteroatoms. The number of nitrogens with zero attached hydrogens (tertiary/aromatic N) is 1. The molecule has 0 radical (unpaired) electrons. The highest BCUT2D eigenvalue weighted by Gasteiger charge is 2.12. The molecule has 1 unspecified atom stereocenters. The molecule has 3 nitrogen and oxygen atoms in total. The molecule has 1 aromatic heterocycles. The third kappa shape index (κ3) is 1.60. The molecule has 0 bridgehead atoms. The average Bonchev–Trinajstić information content (AvgIpc) is 2.50. The molecular weight excluding hydrogens is 142 g/mol. The van der Waals surface area contributed by atoms with Crippen LogP contribution in [0.5, 0.6) is 0 Å². The Labute approximate surface area is 66.0 Å². The fraction of sp³-hybridized carbons (Fsp3) is 0.625. The van der Waals surface area contributed by atoms with Gasteiger partial charge in [-0.15, -0.1) is 0 Å². The van der Waals surface area contributed by atoms with Gasteiger partial charge in [0.05, 0.1) is 12.3 Å². The van der Waals surface area contributed by atoms with Crippen LogP contribution in [0.3, 0.4) is 0 Å². The Morgan fingerprint density at radius 3 is 3.00 bits per heavy atom. The Morgan fingerprint density at radius 2 is 2.45 bits per heavy atom. The molecule has 0 aliphatic rings. The molecule has 1 aromatic rings. The minimum atomic E-state index is 0.0170. The minimum absolute atomic E-state index is 0.0170. The van der Waals surface area contributed by atoms with E-state index in [9.17, 15) is 0 Å². The van der Waals surface area contributed by atoms with E-state index in [1.54, 1.807) is 0 Å². The Balaban J connectivity index is 2.83. The van der Waals surface area contributed by atoms with Gasteiger partial charge in [-0.2, -0.15) is 0 Å². The summed E-state index contributed by atoms with van der Waals surface area (Å²) in [4.78, 5) is 0. The lowest BCUT2D eigenvalue weighted by Crippen LogP contribution is -1.96. The van der Waals surface area contributed by atoms with Gasteiger partial charge in [-0.25, -0.2) is 0 Å². The third-order valence-electron chi connectivity index (χ3n) is 1.92. The van der Waals surface area contributed by atoms with Crippen LogP contribution in [0.15, 0.2) is 10.8 Å². The molecule has 1 atom stereocenters. The third-order valence-corrected chi connectivity index (χ3v) is 1.92. The lowest BCUT2D eigenvalue weighted by atomic mass is 10.0. The molecule has 0 aliphatic heterocycles. The summed E-state index contributed by atoms with van der Waals surface area (Å²) < 4.78 is 4.75. The maximum atomic E-state index is 8.85. The zero-order valence-corrected chi connectivity index (χ0v) is 6.87. The first-order chi connectivity index (χ1) is 5.29. The van der Waals surface area contributed by atoms with E-state index in [0.717, 1.165) is 17.7 Å². The Hall–Kier alpha value is -0.830. The van der Waals surface area contributed by atoms with E-state index in [0.29, 0.717) is 5.92 Å². The zero-order valence-electron chi connectivity index (χ0n) is 6.87. The second-order valence-electron chi connectivity index (χ2n) is 2.69. The topological polar surface area (TPSA) is 46.3 Å². The number of hydrogen-bond acceptors (Lipinski definition) is 3. The van der Waals surface area contributed by atoms with Gasteiger partial charge in [0.25, 0.3) is 0 Å². The predicted octanol–water partition coefficient (Wildman–Crippen LogP) is 1.68. The fourth-order valence-corrected chi connectivity index (χ4v) is 0.984. The number of aliphatic hydroxyl groups is 1. The summed E-state index contributed by atoms with van der Waals surface area (Å²) in [6, 6.07) is 0. The zero-order chi connectivity index (χ0) is 8.27. The highest BCUT2D eigenvalue weighted by Crippen LogP contribution is 2.20. The second-order valence-corrected chi connectivity index (χ2v) is 2.69. The molecule has 1 rings (SSSR count). The van der Waals surface area contributed by atoms with Gasteiger partial charge < -0.3 is 9.63 Å². The van der Waals surface area contributed by atoms with E-state index in [2.05, 4.69) is 19.0 Å². The van der Waals surface area contributed by atoms with Gasteiger partial charge in [-0.05, 0) is 6.42 Å². The fourth-order valence-electron chi connectivity index (χ4n) is 0.984. The smallest absolute Gasteiger partial charge is 0.129 e. The molecule has 0 aromatic carbocycles. The van der Waals surface area contributed by atoms with E-state index in [1.807, 2.05) is 0 Å². The molecule has 0 fully saturated rings. The quantitative estimate of drug-likeness (QED) is 0.722. The van der Waals surface area contributed by atoms with Crippen molar-refractivity contribution in [2.24, 2.45) is 0 Å². The van der Waals surface area contributed by atoms with Gasteiger partial charge in [0.1, 0.15) is 6.26 Å². The van der Waals surface area contributed by atoms with E-state index in [1.165, 1.54) is 6.26 Å². The number of aromatic nitrogens is 1. The summed E-state index contributed by atoms with van der Waals surface area (Å²) in [6.45, 7) is 4.17. The van der Waals surface area contributed by atoms with E-state index in [-0.39, 0.29) is 6.61 Å². The van der Waals surface area contributed by atoms with Crippen LogP contribution >= 0.6 is 0 Å². The Bertz CT molecular complexity index is 220. The van der Waals surface area contributed by atoms with Crippen molar-refractivity contribution in [3.8, 4) is 0 Å². The second kappa shape index (κ2) is 3.53. The molecule has 0 saturated carbocycles. The van der Waals surface area contributed by atoms with Crippen molar-refractivity contribution < 1.29 is 9.63 Å². The van der Waals surface area contributed by atoms with Gasteiger partial charge in [0.15, 0.2) is 0 Å². The van der Waals surface area contributed by atoms with Crippen molar-refractivity contribution in [2.75, 3.05) is 0 Å². The van der Waals surface area contributed by atoms with Crippen LogP contribution in [0.25, 0.3) is 0 Å².